The van der Waals surface area contributed by atoms with Gasteiger partial charge in [-0.1, -0.05) is 54.4 Å². The van der Waals surface area contributed by atoms with Crippen LogP contribution in [0.25, 0.3) is 0 Å². The quantitative estimate of drug-likeness (QED) is 0.0359. The number of hydrogen-bond acceptors (Lipinski definition) is 13. The van der Waals surface area contributed by atoms with Crippen LogP contribution in [-0.2, 0) is 49.0 Å². The summed E-state index contributed by atoms with van der Waals surface area (Å²) in [6, 6.07) is 15.6. The van der Waals surface area contributed by atoms with Gasteiger partial charge in [0.2, 0.25) is 0 Å². The second-order valence-corrected chi connectivity index (χ2v) is 25.1. The second-order valence-electron chi connectivity index (χ2n) is 18.3. The van der Waals surface area contributed by atoms with Gasteiger partial charge in [-0.3, -0.25) is 4.79 Å². The first-order valence-electron chi connectivity index (χ1n) is 22.9. The first-order valence-corrected chi connectivity index (χ1v) is 29.2. The Morgan fingerprint density at radius 1 is 0.453 bits per heavy atom. The summed E-state index contributed by atoms with van der Waals surface area (Å²) in [5.74, 6) is -0.410. The minimum absolute atomic E-state index is 0.0737. The van der Waals surface area contributed by atoms with Crippen LogP contribution in [0.1, 0.15) is 84.1 Å². The van der Waals surface area contributed by atoms with E-state index in [0.717, 1.165) is 22.3 Å². The lowest BCUT2D eigenvalue weighted by molar-refractivity contribution is -0.158. The number of carbonyl (C=O) groups excluding carboxylic acids is 4. The Hall–Kier alpha value is -3.02. The molecule has 0 aliphatic heterocycles. The van der Waals surface area contributed by atoms with Crippen molar-refractivity contribution in [3.05, 3.63) is 143 Å². The molecule has 0 saturated carbocycles. The number of hydrogen-bond donors (Lipinski definition) is 1. The SMILES string of the molecule is C=C(C)C(=O)OCC(COc1c(Br)cc(C(C)(C)c2cc(Br)c(OCC(O)COc3c(Br)cc(C(C)(C)c4cc(Br)c(OCC(COC(=O)C(=C)C)OC(=O)C(=C)C)c(Br)c4)cc3Br)c(Br)c2)cc1Br)OC(=O)CC. The lowest BCUT2D eigenvalue weighted by Crippen LogP contribution is -2.31. The number of rotatable bonds is 26. The summed E-state index contributed by atoms with van der Waals surface area (Å²) in [5.41, 5.74) is 3.25. The number of aliphatic hydroxyl groups is 1. The van der Waals surface area contributed by atoms with Gasteiger partial charge in [0.05, 0.1) is 35.8 Å². The largest absolute Gasteiger partial charge is 0.488 e. The topological polar surface area (TPSA) is 162 Å². The minimum Gasteiger partial charge on any atom is -0.488 e. The zero-order valence-corrected chi connectivity index (χ0v) is 55.0. The van der Waals surface area contributed by atoms with Gasteiger partial charge in [0.1, 0.15) is 68.7 Å². The Morgan fingerprint density at radius 3 is 0.960 bits per heavy atom. The Bertz CT molecular complexity index is 2740. The molecular weight excluding hydrogens is 1500 g/mol. The molecule has 0 heterocycles. The summed E-state index contributed by atoms with van der Waals surface area (Å²) < 4.78 is 51.1. The molecule has 13 nitrogen and oxygen atoms in total. The third kappa shape index (κ3) is 18.0. The highest BCUT2D eigenvalue weighted by Crippen LogP contribution is 2.46. The van der Waals surface area contributed by atoms with Crippen LogP contribution >= 0.6 is 127 Å². The molecular formula is C54H56Br8O13. The molecule has 0 saturated heterocycles. The molecule has 0 aliphatic carbocycles. The van der Waals surface area contributed by atoms with Crippen LogP contribution in [-0.4, -0.2) is 86.9 Å². The van der Waals surface area contributed by atoms with Gasteiger partial charge in [0, 0.05) is 34.0 Å². The van der Waals surface area contributed by atoms with Gasteiger partial charge in [-0.15, -0.1) is 0 Å². The zero-order valence-electron chi connectivity index (χ0n) is 42.3. The summed E-state index contributed by atoms with van der Waals surface area (Å²) in [6.07, 6.45) is -2.63. The first kappa shape index (κ1) is 64.5. The molecule has 0 spiro atoms. The normalized spacial score (nSPS) is 12.7. The van der Waals surface area contributed by atoms with E-state index in [-0.39, 0.29) is 62.8 Å². The molecule has 4 aromatic carbocycles. The van der Waals surface area contributed by atoms with Gasteiger partial charge in [-0.05, 0) is 219 Å². The number of ether oxygens (including phenoxy) is 8. The number of esters is 4. The maximum Gasteiger partial charge on any atom is 0.333 e. The molecule has 0 aliphatic rings. The maximum atomic E-state index is 12.3. The standard InChI is InChI=1S/C54H56Br8O13/c1-12-45(64)74-35(25-72-50(65)27(2)3)23-70-48-41(59)17-32(18-42(48)60)53(8,9)30-13-37(55)46(38(56)14-30)68-21-34(63)22-69-47-39(57)15-31(16-40(47)58)54(10,11)33-19-43(61)49(44(62)20-33)71-24-36(75-52(67)29(6)7)26-73-51(66)28(4)5/h13-20,34-36,63H,2,4,6,12,21-26H2,1,3,5,7-11H3. The van der Waals surface area contributed by atoms with E-state index in [0.29, 0.717) is 58.8 Å². The predicted molar refractivity (Wildman–Crippen MR) is 316 cm³/mol. The van der Waals surface area contributed by atoms with E-state index in [9.17, 15) is 24.3 Å². The molecule has 1 N–H and O–H groups in total. The Kier molecular flexibility index (Phi) is 24.7. The van der Waals surface area contributed by atoms with Crippen molar-refractivity contribution in [2.45, 2.75) is 91.0 Å². The summed E-state index contributed by atoms with van der Waals surface area (Å²) >= 11 is 29.3. The molecule has 75 heavy (non-hydrogen) atoms. The third-order valence-electron chi connectivity index (χ3n) is 11.3. The molecule has 21 heteroatoms. The third-order valence-corrected chi connectivity index (χ3v) is 16.0. The fourth-order valence-corrected chi connectivity index (χ4v) is 12.3. The summed E-state index contributed by atoms with van der Waals surface area (Å²) in [7, 11) is 0. The van der Waals surface area contributed by atoms with Crippen LogP contribution in [0.2, 0.25) is 0 Å². The van der Waals surface area contributed by atoms with Gasteiger partial charge in [0.15, 0.2) is 12.2 Å². The van der Waals surface area contributed by atoms with E-state index < -0.39 is 53.0 Å². The minimum atomic E-state index is -1.01. The van der Waals surface area contributed by atoms with Crippen molar-refractivity contribution in [1.82, 2.24) is 0 Å². The zero-order chi connectivity index (χ0) is 56.3. The molecule has 4 rings (SSSR count). The van der Waals surface area contributed by atoms with Gasteiger partial charge in [0.25, 0.3) is 0 Å². The highest BCUT2D eigenvalue weighted by atomic mass is 79.9. The van der Waals surface area contributed by atoms with Crippen LogP contribution in [0.5, 0.6) is 23.0 Å². The summed E-state index contributed by atoms with van der Waals surface area (Å²) in [4.78, 5) is 48.5. The highest BCUT2D eigenvalue weighted by Gasteiger charge is 2.31. The van der Waals surface area contributed by atoms with Crippen LogP contribution < -0.4 is 18.9 Å². The van der Waals surface area contributed by atoms with E-state index >= 15 is 0 Å². The van der Waals surface area contributed by atoms with Crippen LogP contribution in [0.3, 0.4) is 0 Å². The number of carbonyl (C=O) groups is 4. The van der Waals surface area contributed by atoms with E-state index in [1.807, 2.05) is 48.5 Å². The Labute approximate surface area is 505 Å². The second kappa shape index (κ2) is 28.7. The van der Waals surface area contributed by atoms with Crippen molar-refractivity contribution in [1.29, 1.82) is 0 Å². The summed E-state index contributed by atoms with van der Waals surface area (Å²) in [6.45, 7) is 24.5. The molecule has 3 unspecified atom stereocenters. The monoisotopic (exact) mass is 1540 g/mol. The molecule has 406 valence electrons. The van der Waals surface area contributed by atoms with Crippen LogP contribution in [0.4, 0.5) is 0 Å². The maximum absolute atomic E-state index is 12.3. The molecule has 0 bridgehead atoms. The van der Waals surface area contributed by atoms with E-state index in [1.165, 1.54) is 20.8 Å². The molecule has 0 aromatic heterocycles. The smallest absolute Gasteiger partial charge is 0.333 e. The van der Waals surface area contributed by atoms with Crippen LogP contribution in [0.15, 0.2) is 121 Å². The van der Waals surface area contributed by atoms with Gasteiger partial charge in [-0.25, -0.2) is 14.4 Å². The molecule has 0 amide bonds. The number of benzene rings is 4. The average molecular weight is 1550 g/mol. The average Bonchev–Trinajstić information content (AvgIpc) is 3.32. The molecule has 0 radical (unpaired) electrons. The first-order chi connectivity index (χ1) is 35.0. The van der Waals surface area contributed by atoms with Crippen LogP contribution in [0, 0.1) is 0 Å². The van der Waals surface area contributed by atoms with E-state index in [4.69, 9.17) is 37.9 Å². The number of halogens is 8. The van der Waals surface area contributed by atoms with Crippen molar-refractivity contribution in [3.63, 3.8) is 0 Å². The molecule has 3 atom stereocenters. The fraction of sp³-hybridized carbons (Fsp3) is 0.370. The fourth-order valence-electron chi connectivity index (χ4n) is 6.66. The van der Waals surface area contributed by atoms with Crippen molar-refractivity contribution in [2.75, 3.05) is 39.6 Å². The van der Waals surface area contributed by atoms with E-state index in [2.05, 4.69) is 175 Å². The van der Waals surface area contributed by atoms with Crippen molar-refractivity contribution < 1.29 is 62.2 Å². The lowest BCUT2D eigenvalue weighted by Gasteiger charge is -2.29. The van der Waals surface area contributed by atoms with Gasteiger partial charge < -0.3 is 43.0 Å². The van der Waals surface area contributed by atoms with Crippen molar-refractivity contribution in [2.24, 2.45) is 0 Å². The van der Waals surface area contributed by atoms with Gasteiger partial charge in [-0.2, -0.15) is 0 Å². The Morgan fingerprint density at radius 2 is 0.707 bits per heavy atom. The lowest BCUT2D eigenvalue weighted by atomic mass is 9.78. The highest BCUT2D eigenvalue weighted by molar-refractivity contribution is 9.12. The van der Waals surface area contributed by atoms with Gasteiger partial charge >= 0.3 is 23.9 Å². The Balaban J connectivity index is 1.41. The summed E-state index contributed by atoms with van der Waals surface area (Å²) in [5, 5.41) is 11.1. The van der Waals surface area contributed by atoms with E-state index in [1.54, 1.807) is 6.92 Å². The predicted octanol–water partition coefficient (Wildman–Crippen LogP) is 15.1. The van der Waals surface area contributed by atoms with Crippen molar-refractivity contribution >= 4 is 151 Å². The number of aliphatic hydroxyl groups excluding tert-OH is 1. The molecule has 4 aromatic rings. The van der Waals surface area contributed by atoms with Crippen molar-refractivity contribution in [3.8, 4) is 23.0 Å². The molecule has 0 fully saturated rings.